The smallest absolute Gasteiger partial charge is 0.152 e. The van der Waals surface area contributed by atoms with Gasteiger partial charge in [0, 0.05) is 25.2 Å². The normalized spacial score (nSPS) is 21.4. The van der Waals surface area contributed by atoms with Crippen LogP contribution in [0, 0.1) is 0 Å². The molecule has 2 aliphatic heterocycles. The van der Waals surface area contributed by atoms with E-state index < -0.39 is 0 Å². The molecule has 0 aromatic heterocycles. The highest BCUT2D eigenvalue weighted by Crippen LogP contribution is 2.27. The van der Waals surface area contributed by atoms with Gasteiger partial charge in [-0.05, 0) is 18.4 Å². The molecule has 0 saturated heterocycles. The van der Waals surface area contributed by atoms with E-state index in [0.29, 0.717) is 5.92 Å². The Morgan fingerprint density at radius 2 is 1.91 bits per heavy atom. The van der Waals surface area contributed by atoms with Gasteiger partial charge < -0.3 is 15.1 Å². The Balaban J connectivity index is 1.82. The van der Waals surface area contributed by atoms with E-state index in [1.165, 1.54) is 17.7 Å². The molecule has 4 nitrogen and oxygen atoms in total. The van der Waals surface area contributed by atoms with Gasteiger partial charge in [-0.15, -0.1) is 0 Å². The highest BCUT2D eigenvalue weighted by molar-refractivity contribution is 6.00. The minimum Gasteiger partial charge on any atom is -0.359 e. The lowest BCUT2D eigenvalue weighted by molar-refractivity contribution is 0.235. The summed E-state index contributed by atoms with van der Waals surface area (Å²) in [6.45, 7) is 9.83. The van der Waals surface area contributed by atoms with Crippen molar-refractivity contribution in [1.82, 2.24) is 15.1 Å². The Bertz CT molecular complexity index is 578. The largest absolute Gasteiger partial charge is 0.359 e. The lowest BCUT2D eigenvalue weighted by Gasteiger charge is -2.35. The number of amidine groups is 1. The van der Waals surface area contributed by atoms with Crippen molar-refractivity contribution in [2.45, 2.75) is 45.7 Å². The number of benzene rings is 1. The van der Waals surface area contributed by atoms with Crippen LogP contribution in [0.15, 0.2) is 47.2 Å². The lowest BCUT2D eigenvalue weighted by Crippen LogP contribution is -2.45. The third-order valence-electron chi connectivity index (χ3n) is 4.57. The molecule has 0 saturated carbocycles. The first kappa shape index (κ1) is 15.9. The van der Waals surface area contributed by atoms with Gasteiger partial charge >= 0.3 is 0 Å². The van der Waals surface area contributed by atoms with E-state index >= 15 is 0 Å². The van der Waals surface area contributed by atoms with Crippen LogP contribution in [0.25, 0.3) is 0 Å². The molecule has 4 heteroatoms. The average Bonchev–Trinajstić information content (AvgIpc) is 3.00. The van der Waals surface area contributed by atoms with E-state index in [1.54, 1.807) is 0 Å². The van der Waals surface area contributed by atoms with Gasteiger partial charge in [-0.2, -0.15) is 0 Å². The fourth-order valence-corrected chi connectivity index (χ4v) is 3.36. The van der Waals surface area contributed by atoms with E-state index in [4.69, 9.17) is 4.99 Å². The van der Waals surface area contributed by atoms with E-state index in [9.17, 15) is 0 Å². The zero-order valence-corrected chi connectivity index (χ0v) is 14.5. The van der Waals surface area contributed by atoms with Crippen LogP contribution in [0.5, 0.6) is 0 Å². The summed E-state index contributed by atoms with van der Waals surface area (Å²) >= 11 is 0. The molecule has 2 unspecified atom stereocenters. The third kappa shape index (κ3) is 3.36. The lowest BCUT2D eigenvalue weighted by atomic mass is 9.99. The van der Waals surface area contributed by atoms with E-state index in [-0.39, 0.29) is 6.17 Å². The summed E-state index contributed by atoms with van der Waals surface area (Å²) in [6, 6.07) is 10.7. The van der Waals surface area contributed by atoms with E-state index in [1.807, 2.05) is 0 Å². The summed E-state index contributed by atoms with van der Waals surface area (Å²) < 4.78 is 0. The monoisotopic (exact) mass is 312 g/mol. The van der Waals surface area contributed by atoms with Gasteiger partial charge in [0.25, 0.3) is 0 Å². The van der Waals surface area contributed by atoms with Crippen molar-refractivity contribution in [2.75, 3.05) is 19.8 Å². The van der Waals surface area contributed by atoms with Gasteiger partial charge in [-0.3, -0.25) is 0 Å². The summed E-state index contributed by atoms with van der Waals surface area (Å²) in [4.78, 5) is 9.83. The van der Waals surface area contributed by atoms with Crippen LogP contribution in [0.3, 0.4) is 0 Å². The molecule has 1 aromatic carbocycles. The number of nitrogens with one attached hydrogen (secondary N) is 1. The standard InChI is InChI=1S/C19H28N4/c1-4-11-22-13-17-19(23(14-22)12-5-2)21-18(20-17)15(3)16-9-7-6-8-10-16/h6-10,13,15,18,20H,4-5,11-12,14H2,1-3H3. The maximum atomic E-state index is 5.02. The molecule has 1 aromatic rings. The maximum Gasteiger partial charge on any atom is 0.152 e. The highest BCUT2D eigenvalue weighted by atomic mass is 15.4. The summed E-state index contributed by atoms with van der Waals surface area (Å²) in [5, 5.41) is 3.64. The minimum absolute atomic E-state index is 0.125. The average molecular weight is 312 g/mol. The fourth-order valence-electron chi connectivity index (χ4n) is 3.36. The Morgan fingerprint density at radius 1 is 1.17 bits per heavy atom. The first-order valence-corrected chi connectivity index (χ1v) is 8.83. The zero-order chi connectivity index (χ0) is 16.2. The summed E-state index contributed by atoms with van der Waals surface area (Å²) in [5.74, 6) is 1.50. The molecule has 2 atom stereocenters. The molecule has 0 radical (unpaired) electrons. The second kappa shape index (κ2) is 7.07. The molecule has 3 rings (SSSR count). The number of fused-ring (bicyclic) bond motifs is 1. The highest BCUT2D eigenvalue weighted by Gasteiger charge is 2.33. The van der Waals surface area contributed by atoms with Crippen LogP contribution < -0.4 is 5.32 Å². The predicted octanol–water partition coefficient (Wildman–Crippen LogP) is 3.35. The van der Waals surface area contributed by atoms with Crippen LogP contribution in [0.2, 0.25) is 0 Å². The summed E-state index contributed by atoms with van der Waals surface area (Å²) in [5.41, 5.74) is 2.52. The second-order valence-corrected chi connectivity index (χ2v) is 6.50. The number of hydrogen-bond donors (Lipinski definition) is 1. The molecule has 0 spiro atoms. The van der Waals surface area contributed by atoms with Crippen molar-refractivity contribution in [2.24, 2.45) is 4.99 Å². The first-order valence-electron chi connectivity index (χ1n) is 8.83. The van der Waals surface area contributed by atoms with Crippen LogP contribution >= 0.6 is 0 Å². The number of aliphatic imine (C=N–C) groups is 1. The SMILES string of the molecule is CCCN1C=C2NC(C(C)c3ccccc3)N=C2N(CCC)C1. The van der Waals surface area contributed by atoms with Crippen molar-refractivity contribution >= 4 is 5.84 Å². The molecule has 23 heavy (non-hydrogen) atoms. The molecule has 0 bridgehead atoms. The Morgan fingerprint density at radius 3 is 2.61 bits per heavy atom. The molecule has 0 aliphatic carbocycles. The molecule has 1 N–H and O–H groups in total. The van der Waals surface area contributed by atoms with E-state index in [2.05, 4.69) is 72.4 Å². The second-order valence-electron chi connectivity index (χ2n) is 6.50. The maximum absolute atomic E-state index is 5.02. The molecular formula is C19H28N4. The minimum atomic E-state index is 0.125. The predicted molar refractivity (Wildman–Crippen MR) is 96.2 cm³/mol. The molecular weight excluding hydrogens is 284 g/mol. The Labute approximate surface area is 139 Å². The number of hydrogen-bond acceptors (Lipinski definition) is 4. The first-order chi connectivity index (χ1) is 11.2. The van der Waals surface area contributed by atoms with Crippen LogP contribution in [0.4, 0.5) is 0 Å². The molecule has 2 aliphatic rings. The molecule has 0 fully saturated rings. The summed E-state index contributed by atoms with van der Waals surface area (Å²) in [7, 11) is 0. The molecule has 2 heterocycles. The summed E-state index contributed by atoms with van der Waals surface area (Å²) in [6.07, 6.45) is 4.69. The van der Waals surface area contributed by atoms with Crippen LogP contribution in [-0.2, 0) is 0 Å². The zero-order valence-electron chi connectivity index (χ0n) is 14.5. The van der Waals surface area contributed by atoms with Gasteiger partial charge in [0.05, 0.1) is 12.4 Å². The van der Waals surface area contributed by atoms with Gasteiger partial charge in [0.15, 0.2) is 5.84 Å². The third-order valence-corrected chi connectivity index (χ3v) is 4.57. The van der Waals surface area contributed by atoms with Gasteiger partial charge in [-0.1, -0.05) is 51.1 Å². The number of nitrogens with zero attached hydrogens (tertiary/aromatic N) is 3. The van der Waals surface area contributed by atoms with Crippen molar-refractivity contribution < 1.29 is 0 Å². The van der Waals surface area contributed by atoms with Crippen molar-refractivity contribution in [3.8, 4) is 0 Å². The van der Waals surface area contributed by atoms with E-state index in [0.717, 1.165) is 32.0 Å². The van der Waals surface area contributed by atoms with Gasteiger partial charge in [0.1, 0.15) is 6.17 Å². The molecule has 124 valence electrons. The van der Waals surface area contributed by atoms with Gasteiger partial charge in [0.2, 0.25) is 0 Å². The van der Waals surface area contributed by atoms with Crippen LogP contribution in [-0.4, -0.2) is 41.6 Å². The Hall–Kier alpha value is -1.97. The van der Waals surface area contributed by atoms with Crippen molar-refractivity contribution in [3.05, 3.63) is 47.8 Å². The quantitative estimate of drug-likeness (QED) is 0.874. The molecule has 0 amide bonds. The van der Waals surface area contributed by atoms with Gasteiger partial charge in [-0.25, -0.2) is 4.99 Å². The van der Waals surface area contributed by atoms with Crippen LogP contribution in [0.1, 0.15) is 45.1 Å². The Kier molecular flexibility index (Phi) is 4.89. The number of rotatable bonds is 6. The fraction of sp³-hybridized carbons (Fsp3) is 0.526. The van der Waals surface area contributed by atoms with Crippen molar-refractivity contribution in [1.29, 1.82) is 0 Å². The van der Waals surface area contributed by atoms with Crippen molar-refractivity contribution in [3.63, 3.8) is 0 Å². The topological polar surface area (TPSA) is 30.9 Å².